The first-order valence-corrected chi connectivity index (χ1v) is 6.25. The number of aliphatic carboxylic acids is 1. The van der Waals surface area contributed by atoms with Crippen LogP contribution in [0.25, 0.3) is 0 Å². The van der Waals surface area contributed by atoms with Crippen LogP contribution in [-0.4, -0.2) is 23.0 Å². The van der Waals surface area contributed by atoms with Gasteiger partial charge in [-0.2, -0.15) is 0 Å². The lowest BCUT2D eigenvalue weighted by atomic mass is 10.0. The summed E-state index contributed by atoms with van der Waals surface area (Å²) in [5, 5.41) is 11.7. The molecule has 0 saturated heterocycles. The maximum Gasteiger partial charge on any atom is 0.330 e. The fourth-order valence-corrected chi connectivity index (χ4v) is 1.80. The molecule has 0 spiro atoms. The standard InChI is InChI=1S/C14H20N2O3/c1-9(2)8-11(15)13(17)16-12(14(18)19)10-6-4-3-5-7-10/h3-7,9,11-12H,8,15H2,1-2H3,(H,16,17)(H,18,19)/t11-,12+/m1/s1. The Bertz CT molecular complexity index is 432. The highest BCUT2D eigenvalue weighted by atomic mass is 16.4. The van der Waals surface area contributed by atoms with Gasteiger partial charge in [0.25, 0.3) is 0 Å². The lowest BCUT2D eigenvalue weighted by molar-refractivity contribution is -0.142. The van der Waals surface area contributed by atoms with E-state index in [4.69, 9.17) is 5.73 Å². The van der Waals surface area contributed by atoms with Crippen molar-refractivity contribution in [3.8, 4) is 0 Å². The van der Waals surface area contributed by atoms with Crippen LogP contribution >= 0.6 is 0 Å². The molecule has 19 heavy (non-hydrogen) atoms. The Morgan fingerprint density at radius 2 is 1.84 bits per heavy atom. The van der Waals surface area contributed by atoms with Gasteiger partial charge in [-0.3, -0.25) is 4.79 Å². The zero-order valence-electron chi connectivity index (χ0n) is 11.2. The van der Waals surface area contributed by atoms with E-state index in [0.29, 0.717) is 12.0 Å². The summed E-state index contributed by atoms with van der Waals surface area (Å²) in [5.41, 5.74) is 6.27. The number of carboxylic acid groups (broad SMARTS) is 1. The van der Waals surface area contributed by atoms with Crippen molar-refractivity contribution in [3.05, 3.63) is 35.9 Å². The molecule has 1 amide bonds. The summed E-state index contributed by atoms with van der Waals surface area (Å²) in [6, 6.07) is 6.81. The molecule has 0 heterocycles. The van der Waals surface area contributed by atoms with Crippen LogP contribution in [0.1, 0.15) is 31.9 Å². The van der Waals surface area contributed by atoms with Crippen molar-refractivity contribution in [2.75, 3.05) is 0 Å². The van der Waals surface area contributed by atoms with Gasteiger partial charge in [-0.05, 0) is 17.9 Å². The molecule has 0 aliphatic heterocycles. The summed E-state index contributed by atoms with van der Waals surface area (Å²) in [5.74, 6) is -1.26. The Morgan fingerprint density at radius 3 is 2.32 bits per heavy atom. The van der Waals surface area contributed by atoms with Gasteiger partial charge in [-0.15, -0.1) is 0 Å². The molecule has 0 aliphatic carbocycles. The zero-order valence-corrected chi connectivity index (χ0v) is 11.2. The van der Waals surface area contributed by atoms with E-state index in [1.54, 1.807) is 30.3 Å². The summed E-state index contributed by atoms with van der Waals surface area (Å²) in [6.45, 7) is 3.91. The Morgan fingerprint density at radius 1 is 1.26 bits per heavy atom. The van der Waals surface area contributed by atoms with E-state index in [-0.39, 0.29) is 5.92 Å². The summed E-state index contributed by atoms with van der Waals surface area (Å²) >= 11 is 0. The van der Waals surface area contributed by atoms with E-state index in [1.165, 1.54) is 0 Å². The monoisotopic (exact) mass is 264 g/mol. The Kier molecular flexibility index (Phi) is 5.51. The van der Waals surface area contributed by atoms with Crippen molar-refractivity contribution < 1.29 is 14.7 Å². The molecule has 0 radical (unpaired) electrons. The van der Waals surface area contributed by atoms with Gasteiger partial charge in [0.05, 0.1) is 6.04 Å². The van der Waals surface area contributed by atoms with Crippen molar-refractivity contribution in [3.63, 3.8) is 0 Å². The zero-order chi connectivity index (χ0) is 14.4. The van der Waals surface area contributed by atoms with E-state index in [0.717, 1.165) is 0 Å². The molecule has 4 N–H and O–H groups in total. The van der Waals surface area contributed by atoms with Crippen molar-refractivity contribution in [1.82, 2.24) is 5.32 Å². The predicted molar refractivity (Wildman–Crippen MR) is 72.4 cm³/mol. The number of hydrogen-bond acceptors (Lipinski definition) is 3. The average Bonchev–Trinajstić information content (AvgIpc) is 2.35. The number of rotatable bonds is 6. The van der Waals surface area contributed by atoms with E-state index < -0.39 is 24.0 Å². The minimum Gasteiger partial charge on any atom is -0.479 e. The minimum atomic E-state index is -1.10. The van der Waals surface area contributed by atoms with Gasteiger partial charge >= 0.3 is 5.97 Å². The highest BCUT2D eigenvalue weighted by molar-refractivity contribution is 5.87. The number of nitrogens with two attached hydrogens (primary N) is 1. The minimum absolute atomic E-state index is 0.278. The first-order valence-electron chi connectivity index (χ1n) is 6.25. The fourth-order valence-electron chi connectivity index (χ4n) is 1.80. The van der Waals surface area contributed by atoms with Crippen LogP contribution in [0.2, 0.25) is 0 Å². The first kappa shape index (κ1) is 15.2. The number of benzene rings is 1. The maximum absolute atomic E-state index is 11.9. The molecule has 0 unspecified atom stereocenters. The number of amides is 1. The van der Waals surface area contributed by atoms with Crippen molar-refractivity contribution in [1.29, 1.82) is 0 Å². The third-order valence-corrected chi connectivity index (χ3v) is 2.73. The number of carboxylic acids is 1. The second-order valence-electron chi connectivity index (χ2n) is 4.93. The summed E-state index contributed by atoms with van der Waals surface area (Å²) in [6.07, 6.45) is 0.521. The molecule has 5 nitrogen and oxygen atoms in total. The summed E-state index contributed by atoms with van der Waals surface area (Å²) < 4.78 is 0. The molecule has 0 fully saturated rings. The second-order valence-corrected chi connectivity index (χ2v) is 4.93. The lowest BCUT2D eigenvalue weighted by Crippen LogP contribution is -2.44. The molecule has 104 valence electrons. The van der Waals surface area contributed by atoms with Crippen LogP contribution in [0.5, 0.6) is 0 Å². The van der Waals surface area contributed by atoms with Gasteiger partial charge in [-0.25, -0.2) is 4.79 Å². The molecular weight excluding hydrogens is 244 g/mol. The van der Waals surface area contributed by atoms with Gasteiger partial charge in [0, 0.05) is 0 Å². The van der Waals surface area contributed by atoms with Crippen LogP contribution < -0.4 is 11.1 Å². The Hall–Kier alpha value is -1.88. The van der Waals surface area contributed by atoms with Crippen molar-refractivity contribution >= 4 is 11.9 Å². The highest BCUT2D eigenvalue weighted by Crippen LogP contribution is 2.13. The normalized spacial score (nSPS) is 13.9. The average molecular weight is 264 g/mol. The number of nitrogens with one attached hydrogen (secondary N) is 1. The molecule has 5 heteroatoms. The van der Waals surface area contributed by atoms with Crippen LogP contribution in [0.15, 0.2) is 30.3 Å². The Labute approximate surface area is 112 Å². The highest BCUT2D eigenvalue weighted by Gasteiger charge is 2.24. The third kappa shape index (κ3) is 4.71. The first-order chi connectivity index (χ1) is 8.91. The molecule has 1 rings (SSSR count). The quantitative estimate of drug-likeness (QED) is 0.722. The molecule has 1 aromatic rings. The second kappa shape index (κ2) is 6.89. The molecule has 0 saturated carbocycles. The van der Waals surface area contributed by atoms with Crippen LogP contribution in [0.4, 0.5) is 0 Å². The maximum atomic E-state index is 11.9. The van der Waals surface area contributed by atoms with Gasteiger partial charge < -0.3 is 16.2 Å². The topological polar surface area (TPSA) is 92.4 Å². The van der Waals surface area contributed by atoms with E-state index in [9.17, 15) is 14.7 Å². The molecular formula is C14H20N2O3. The number of carbonyl (C=O) groups excluding carboxylic acids is 1. The van der Waals surface area contributed by atoms with Crippen LogP contribution in [0, 0.1) is 5.92 Å². The van der Waals surface area contributed by atoms with E-state index in [1.807, 2.05) is 13.8 Å². The molecule has 2 atom stereocenters. The van der Waals surface area contributed by atoms with Crippen LogP contribution in [-0.2, 0) is 9.59 Å². The molecule has 0 aliphatic rings. The Balaban J connectivity index is 2.75. The van der Waals surface area contributed by atoms with Crippen molar-refractivity contribution in [2.24, 2.45) is 11.7 Å². The van der Waals surface area contributed by atoms with E-state index in [2.05, 4.69) is 5.32 Å². The van der Waals surface area contributed by atoms with E-state index >= 15 is 0 Å². The summed E-state index contributed by atoms with van der Waals surface area (Å²) in [4.78, 5) is 23.1. The van der Waals surface area contributed by atoms with Gasteiger partial charge in [0.1, 0.15) is 0 Å². The largest absolute Gasteiger partial charge is 0.479 e. The van der Waals surface area contributed by atoms with Crippen LogP contribution in [0.3, 0.4) is 0 Å². The SMILES string of the molecule is CC(C)C[C@@H](N)C(=O)N[C@H](C(=O)O)c1ccccc1. The van der Waals surface area contributed by atoms with Crippen molar-refractivity contribution in [2.45, 2.75) is 32.4 Å². The fraction of sp³-hybridized carbons (Fsp3) is 0.429. The third-order valence-electron chi connectivity index (χ3n) is 2.73. The molecule has 0 bridgehead atoms. The van der Waals surface area contributed by atoms with Gasteiger partial charge in [0.15, 0.2) is 6.04 Å². The predicted octanol–water partition coefficient (Wildman–Crippen LogP) is 1.30. The molecule has 1 aromatic carbocycles. The lowest BCUT2D eigenvalue weighted by Gasteiger charge is -2.19. The smallest absolute Gasteiger partial charge is 0.330 e. The number of hydrogen-bond donors (Lipinski definition) is 3. The molecule has 0 aromatic heterocycles. The summed E-state index contributed by atoms with van der Waals surface area (Å²) in [7, 11) is 0. The number of carbonyl (C=O) groups is 2. The van der Waals surface area contributed by atoms with Gasteiger partial charge in [0.2, 0.25) is 5.91 Å². The van der Waals surface area contributed by atoms with Gasteiger partial charge in [-0.1, -0.05) is 44.2 Å².